The summed E-state index contributed by atoms with van der Waals surface area (Å²) >= 11 is 0. The SMILES string of the molecule is COC(=O)C1CCCCN1C(=O)COc1ccc(C)cc1C. The number of esters is 1. The number of likely N-dealkylation sites (tertiary alicyclic amines) is 1. The van der Waals surface area contributed by atoms with Crippen molar-refractivity contribution in [3.05, 3.63) is 29.3 Å². The van der Waals surface area contributed by atoms with Gasteiger partial charge >= 0.3 is 5.97 Å². The number of hydrogen-bond acceptors (Lipinski definition) is 4. The van der Waals surface area contributed by atoms with Crippen LogP contribution in [0.25, 0.3) is 0 Å². The van der Waals surface area contributed by atoms with Crippen LogP contribution in [-0.2, 0) is 14.3 Å². The number of benzene rings is 1. The summed E-state index contributed by atoms with van der Waals surface area (Å²) in [6.45, 7) is 4.48. The van der Waals surface area contributed by atoms with Crippen LogP contribution >= 0.6 is 0 Å². The maximum absolute atomic E-state index is 12.4. The van der Waals surface area contributed by atoms with Gasteiger partial charge in [-0.1, -0.05) is 17.7 Å². The fraction of sp³-hybridized carbons (Fsp3) is 0.529. The molecule has 1 aliphatic rings. The monoisotopic (exact) mass is 305 g/mol. The Hall–Kier alpha value is -2.04. The number of methoxy groups -OCH3 is 1. The molecule has 1 fully saturated rings. The zero-order valence-corrected chi connectivity index (χ0v) is 13.4. The number of rotatable bonds is 4. The number of carbonyl (C=O) groups is 2. The first-order valence-electron chi connectivity index (χ1n) is 7.60. The van der Waals surface area contributed by atoms with Gasteiger partial charge in [0.15, 0.2) is 6.61 Å². The molecule has 2 rings (SSSR count). The Morgan fingerprint density at radius 3 is 2.73 bits per heavy atom. The third kappa shape index (κ3) is 3.78. The van der Waals surface area contributed by atoms with Crippen LogP contribution in [0.15, 0.2) is 18.2 Å². The average molecular weight is 305 g/mol. The van der Waals surface area contributed by atoms with E-state index in [2.05, 4.69) is 0 Å². The van der Waals surface area contributed by atoms with E-state index in [1.54, 1.807) is 4.90 Å². The second kappa shape index (κ2) is 7.29. The summed E-state index contributed by atoms with van der Waals surface area (Å²) in [5, 5.41) is 0. The van der Waals surface area contributed by atoms with Gasteiger partial charge in [0, 0.05) is 6.54 Å². The molecular formula is C17H23NO4. The van der Waals surface area contributed by atoms with Gasteiger partial charge in [0.05, 0.1) is 7.11 Å². The number of amides is 1. The van der Waals surface area contributed by atoms with Gasteiger partial charge < -0.3 is 14.4 Å². The Bertz CT molecular complexity index is 556. The molecule has 0 aromatic heterocycles. The zero-order valence-electron chi connectivity index (χ0n) is 13.4. The number of aryl methyl sites for hydroxylation is 2. The molecular weight excluding hydrogens is 282 g/mol. The number of piperidine rings is 1. The highest BCUT2D eigenvalue weighted by Gasteiger charge is 2.32. The summed E-state index contributed by atoms with van der Waals surface area (Å²) in [7, 11) is 1.35. The summed E-state index contributed by atoms with van der Waals surface area (Å²) < 4.78 is 10.4. The molecule has 0 saturated carbocycles. The van der Waals surface area contributed by atoms with Gasteiger partial charge in [-0.15, -0.1) is 0 Å². The highest BCUT2D eigenvalue weighted by atomic mass is 16.5. The van der Waals surface area contributed by atoms with E-state index in [0.717, 1.165) is 24.0 Å². The molecule has 0 spiro atoms. The predicted molar refractivity (Wildman–Crippen MR) is 82.8 cm³/mol. The van der Waals surface area contributed by atoms with E-state index in [1.165, 1.54) is 7.11 Å². The van der Waals surface area contributed by atoms with Gasteiger partial charge in [-0.3, -0.25) is 4.79 Å². The Kier molecular flexibility index (Phi) is 5.41. The van der Waals surface area contributed by atoms with Crippen LogP contribution in [0.1, 0.15) is 30.4 Å². The molecule has 1 aliphatic heterocycles. The molecule has 1 aromatic carbocycles. The number of ether oxygens (including phenoxy) is 2. The minimum Gasteiger partial charge on any atom is -0.483 e. The average Bonchev–Trinajstić information content (AvgIpc) is 2.53. The van der Waals surface area contributed by atoms with Crippen molar-refractivity contribution >= 4 is 11.9 Å². The maximum atomic E-state index is 12.4. The Labute approximate surface area is 131 Å². The van der Waals surface area contributed by atoms with Gasteiger partial charge in [-0.2, -0.15) is 0 Å². The van der Waals surface area contributed by atoms with E-state index < -0.39 is 6.04 Å². The van der Waals surface area contributed by atoms with E-state index in [9.17, 15) is 9.59 Å². The van der Waals surface area contributed by atoms with Crippen molar-refractivity contribution in [2.45, 2.75) is 39.2 Å². The molecule has 1 amide bonds. The van der Waals surface area contributed by atoms with E-state index in [-0.39, 0.29) is 18.5 Å². The lowest BCUT2D eigenvalue weighted by molar-refractivity contribution is -0.155. The smallest absolute Gasteiger partial charge is 0.328 e. The first-order valence-corrected chi connectivity index (χ1v) is 7.60. The Morgan fingerprint density at radius 1 is 1.27 bits per heavy atom. The molecule has 1 atom stereocenters. The molecule has 5 nitrogen and oxygen atoms in total. The highest BCUT2D eigenvalue weighted by Crippen LogP contribution is 2.21. The van der Waals surface area contributed by atoms with Crippen LogP contribution in [0.2, 0.25) is 0 Å². The molecule has 120 valence electrons. The second-order valence-electron chi connectivity index (χ2n) is 5.68. The van der Waals surface area contributed by atoms with Crippen molar-refractivity contribution < 1.29 is 19.1 Å². The van der Waals surface area contributed by atoms with Crippen molar-refractivity contribution in [2.24, 2.45) is 0 Å². The molecule has 0 N–H and O–H groups in total. The van der Waals surface area contributed by atoms with Crippen LogP contribution < -0.4 is 4.74 Å². The lowest BCUT2D eigenvalue weighted by Crippen LogP contribution is -2.50. The molecule has 0 radical (unpaired) electrons. The molecule has 1 unspecified atom stereocenters. The summed E-state index contributed by atoms with van der Waals surface area (Å²) in [6, 6.07) is 5.35. The quantitative estimate of drug-likeness (QED) is 0.801. The van der Waals surface area contributed by atoms with Gasteiger partial charge in [0.25, 0.3) is 5.91 Å². The first kappa shape index (κ1) is 16.3. The van der Waals surface area contributed by atoms with Crippen molar-refractivity contribution in [1.29, 1.82) is 0 Å². The third-order valence-corrected chi connectivity index (χ3v) is 3.98. The van der Waals surface area contributed by atoms with Crippen molar-refractivity contribution in [2.75, 3.05) is 20.3 Å². The minimum absolute atomic E-state index is 0.0581. The van der Waals surface area contributed by atoms with Crippen molar-refractivity contribution in [1.82, 2.24) is 4.90 Å². The number of carbonyl (C=O) groups excluding carboxylic acids is 2. The zero-order chi connectivity index (χ0) is 16.1. The van der Waals surface area contributed by atoms with E-state index in [0.29, 0.717) is 18.7 Å². The van der Waals surface area contributed by atoms with E-state index in [4.69, 9.17) is 9.47 Å². The normalized spacial score (nSPS) is 18.0. The van der Waals surface area contributed by atoms with Gasteiger partial charge in [0.2, 0.25) is 0 Å². The van der Waals surface area contributed by atoms with Crippen LogP contribution in [-0.4, -0.2) is 43.1 Å². The molecule has 0 aliphatic carbocycles. The predicted octanol–water partition coefficient (Wildman–Crippen LogP) is 2.24. The van der Waals surface area contributed by atoms with Gasteiger partial charge in [-0.05, 0) is 44.7 Å². The fourth-order valence-electron chi connectivity index (χ4n) is 2.79. The van der Waals surface area contributed by atoms with Crippen LogP contribution in [0.3, 0.4) is 0 Å². The maximum Gasteiger partial charge on any atom is 0.328 e. The fourth-order valence-corrected chi connectivity index (χ4v) is 2.79. The second-order valence-corrected chi connectivity index (χ2v) is 5.68. The van der Waals surface area contributed by atoms with E-state index in [1.807, 2.05) is 32.0 Å². The van der Waals surface area contributed by atoms with Crippen LogP contribution in [0.4, 0.5) is 0 Å². The molecule has 1 aromatic rings. The molecule has 5 heteroatoms. The van der Waals surface area contributed by atoms with Crippen molar-refractivity contribution in [3.63, 3.8) is 0 Å². The lowest BCUT2D eigenvalue weighted by Gasteiger charge is -2.33. The summed E-state index contributed by atoms with van der Waals surface area (Å²) in [6.07, 6.45) is 2.49. The topological polar surface area (TPSA) is 55.8 Å². The first-order chi connectivity index (χ1) is 10.5. The molecule has 22 heavy (non-hydrogen) atoms. The molecule has 1 heterocycles. The largest absolute Gasteiger partial charge is 0.483 e. The standard InChI is InChI=1S/C17H23NO4/c1-12-7-8-15(13(2)10-12)22-11-16(19)18-9-5-4-6-14(18)17(20)21-3/h7-8,10,14H,4-6,9,11H2,1-3H3. The molecule has 1 saturated heterocycles. The van der Waals surface area contributed by atoms with Gasteiger partial charge in [0.1, 0.15) is 11.8 Å². The number of nitrogens with zero attached hydrogens (tertiary/aromatic N) is 1. The van der Waals surface area contributed by atoms with Crippen LogP contribution in [0, 0.1) is 13.8 Å². The van der Waals surface area contributed by atoms with Crippen molar-refractivity contribution in [3.8, 4) is 5.75 Å². The Morgan fingerprint density at radius 2 is 2.05 bits per heavy atom. The van der Waals surface area contributed by atoms with Crippen LogP contribution in [0.5, 0.6) is 5.75 Å². The third-order valence-electron chi connectivity index (χ3n) is 3.98. The molecule has 0 bridgehead atoms. The number of hydrogen-bond donors (Lipinski definition) is 0. The summed E-state index contributed by atoms with van der Waals surface area (Å²) in [4.78, 5) is 25.7. The summed E-state index contributed by atoms with van der Waals surface area (Å²) in [5.74, 6) is 0.181. The summed E-state index contributed by atoms with van der Waals surface area (Å²) in [5.41, 5.74) is 2.15. The minimum atomic E-state index is -0.478. The Balaban J connectivity index is 1.99. The van der Waals surface area contributed by atoms with E-state index >= 15 is 0 Å². The lowest BCUT2D eigenvalue weighted by atomic mass is 10.0. The highest BCUT2D eigenvalue weighted by molar-refractivity contribution is 5.85. The van der Waals surface area contributed by atoms with Gasteiger partial charge in [-0.25, -0.2) is 4.79 Å².